The summed E-state index contributed by atoms with van der Waals surface area (Å²) < 4.78 is 21.0. The number of nitrogens with two attached hydrogens (primary N) is 1. The van der Waals surface area contributed by atoms with Gasteiger partial charge >= 0.3 is 0 Å². The van der Waals surface area contributed by atoms with Gasteiger partial charge in [0.05, 0.1) is 21.3 Å². The molecule has 2 aromatic rings. The minimum Gasteiger partial charge on any atom is -0.496 e. The third-order valence-corrected chi connectivity index (χ3v) is 2.50. The summed E-state index contributed by atoms with van der Waals surface area (Å²) in [7, 11) is 4.66. The van der Waals surface area contributed by atoms with Gasteiger partial charge in [0.25, 0.3) is 0 Å². The van der Waals surface area contributed by atoms with E-state index in [0.717, 1.165) is 0 Å². The van der Waals surface area contributed by atoms with Gasteiger partial charge in [0.15, 0.2) is 23.1 Å². The summed E-state index contributed by atoms with van der Waals surface area (Å²) in [6.45, 7) is 0. The van der Waals surface area contributed by atoms with Gasteiger partial charge in [0.1, 0.15) is 11.3 Å². The lowest BCUT2D eigenvalue weighted by atomic mass is 10.1. The first-order valence-corrected chi connectivity index (χ1v) is 5.22. The predicted molar refractivity (Wildman–Crippen MR) is 66.0 cm³/mol. The summed E-state index contributed by atoms with van der Waals surface area (Å²) in [6.07, 6.45) is 0. The summed E-state index contributed by atoms with van der Waals surface area (Å²) in [5.74, 6) is 2.41. The average molecular weight is 250 g/mol. The zero-order valence-corrected chi connectivity index (χ0v) is 10.4. The Kier molecular flexibility index (Phi) is 3.27. The Hall–Kier alpha value is -2.37. The Bertz CT molecular complexity index is 551. The van der Waals surface area contributed by atoms with Gasteiger partial charge in [-0.2, -0.15) is 0 Å². The van der Waals surface area contributed by atoms with Gasteiger partial charge in [0.2, 0.25) is 0 Å². The van der Waals surface area contributed by atoms with Crippen LogP contribution in [0.4, 0.5) is 5.82 Å². The van der Waals surface area contributed by atoms with Crippen molar-refractivity contribution < 1.29 is 18.7 Å². The first kappa shape index (κ1) is 12.1. The highest BCUT2D eigenvalue weighted by atomic mass is 16.5. The molecule has 0 unspecified atom stereocenters. The minimum atomic E-state index is 0.289. The Morgan fingerprint density at radius 1 is 1.06 bits per heavy atom. The molecule has 2 N–H and O–H groups in total. The van der Waals surface area contributed by atoms with Crippen LogP contribution < -0.4 is 19.9 Å². The number of methoxy groups -OCH3 is 3. The maximum absolute atomic E-state index is 5.55. The van der Waals surface area contributed by atoms with Crippen molar-refractivity contribution in [2.75, 3.05) is 27.1 Å². The van der Waals surface area contributed by atoms with Crippen LogP contribution in [0.15, 0.2) is 22.7 Å². The van der Waals surface area contributed by atoms with Gasteiger partial charge in [-0.1, -0.05) is 5.16 Å². The van der Waals surface area contributed by atoms with E-state index in [4.69, 9.17) is 24.5 Å². The fraction of sp³-hybridized carbons (Fsp3) is 0.250. The van der Waals surface area contributed by atoms with Crippen LogP contribution in [0, 0.1) is 0 Å². The summed E-state index contributed by atoms with van der Waals surface area (Å²) in [6, 6.07) is 5.11. The third kappa shape index (κ3) is 1.92. The van der Waals surface area contributed by atoms with Gasteiger partial charge in [-0.3, -0.25) is 0 Å². The Morgan fingerprint density at radius 2 is 1.72 bits per heavy atom. The first-order valence-electron chi connectivity index (χ1n) is 5.22. The molecule has 0 saturated heterocycles. The summed E-state index contributed by atoms with van der Waals surface area (Å²) in [5, 5.41) is 3.65. The Morgan fingerprint density at radius 3 is 2.22 bits per heavy atom. The van der Waals surface area contributed by atoms with Gasteiger partial charge in [-0.15, -0.1) is 0 Å². The van der Waals surface area contributed by atoms with Crippen LogP contribution in [0.5, 0.6) is 17.2 Å². The number of aromatic nitrogens is 1. The molecule has 1 heterocycles. The summed E-state index contributed by atoms with van der Waals surface area (Å²) in [5.41, 5.74) is 6.17. The van der Waals surface area contributed by atoms with E-state index in [2.05, 4.69) is 5.16 Å². The highest BCUT2D eigenvalue weighted by molar-refractivity contribution is 5.77. The van der Waals surface area contributed by atoms with E-state index in [1.807, 2.05) is 0 Å². The molecule has 0 atom stereocenters. The lowest BCUT2D eigenvalue weighted by molar-refractivity contribution is 0.347. The fourth-order valence-electron chi connectivity index (χ4n) is 1.72. The number of hydrogen-bond acceptors (Lipinski definition) is 6. The topological polar surface area (TPSA) is 79.7 Å². The molecular weight excluding hydrogens is 236 g/mol. The van der Waals surface area contributed by atoms with E-state index in [1.165, 1.54) is 0 Å². The van der Waals surface area contributed by atoms with Crippen molar-refractivity contribution in [1.82, 2.24) is 5.16 Å². The largest absolute Gasteiger partial charge is 0.496 e. The minimum absolute atomic E-state index is 0.289. The van der Waals surface area contributed by atoms with Crippen LogP contribution in [-0.2, 0) is 0 Å². The molecule has 0 aliphatic rings. The number of ether oxygens (including phenoxy) is 3. The normalized spacial score (nSPS) is 10.2. The van der Waals surface area contributed by atoms with E-state index in [0.29, 0.717) is 28.6 Å². The smallest absolute Gasteiger partial charge is 0.176 e. The van der Waals surface area contributed by atoms with Crippen molar-refractivity contribution >= 4 is 5.82 Å². The Labute approximate surface area is 104 Å². The molecule has 2 rings (SSSR count). The zero-order chi connectivity index (χ0) is 13.1. The van der Waals surface area contributed by atoms with E-state index in [9.17, 15) is 0 Å². The fourth-order valence-corrected chi connectivity index (χ4v) is 1.72. The molecule has 0 aliphatic heterocycles. The lowest BCUT2D eigenvalue weighted by Gasteiger charge is -2.14. The molecule has 0 bridgehead atoms. The molecule has 18 heavy (non-hydrogen) atoms. The molecular formula is C12H14N2O4. The van der Waals surface area contributed by atoms with Crippen LogP contribution >= 0.6 is 0 Å². The number of nitrogens with zero attached hydrogens (tertiary/aromatic N) is 1. The maximum Gasteiger partial charge on any atom is 0.176 e. The van der Waals surface area contributed by atoms with E-state index >= 15 is 0 Å². The quantitative estimate of drug-likeness (QED) is 0.893. The second-order valence-electron chi connectivity index (χ2n) is 3.49. The second-order valence-corrected chi connectivity index (χ2v) is 3.49. The molecule has 0 radical (unpaired) electrons. The monoisotopic (exact) mass is 250 g/mol. The standard InChI is InChI=1S/C12H14N2O4/c1-15-7-4-5-8(16-2)12(17-3)11(7)9-6-10(13)14-18-9/h4-6H,1-3H3,(H2,13,14). The molecule has 0 amide bonds. The number of benzene rings is 1. The van der Waals surface area contributed by atoms with Crippen molar-refractivity contribution in [3.63, 3.8) is 0 Å². The van der Waals surface area contributed by atoms with Crippen molar-refractivity contribution in [2.24, 2.45) is 0 Å². The van der Waals surface area contributed by atoms with Crippen LogP contribution in [0.1, 0.15) is 0 Å². The van der Waals surface area contributed by atoms with Crippen molar-refractivity contribution in [3.8, 4) is 28.6 Å². The molecule has 1 aromatic carbocycles. The lowest BCUT2D eigenvalue weighted by Crippen LogP contribution is -1.96. The van der Waals surface area contributed by atoms with Crippen molar-refractivity contribution in [1.29, 1.82) is 0 Å². The van der Waals surface area contributed by atoms with Crippen LogP contribution in [0.2, 0.25) is 0 Å². The first-order chi connectivity index (χ1) is 8.71. The molecule has 96 valence electrons. The molecule has 0 saturated carbocycles. The van der Waals surface area contributed by atoms with Crippen molar-refractivity contribution in [3.05, 3.63) is 18.2 Å². The highest BCUT2D eigenvalue weighted by Crippen LogP contribution is 2.44. The third-order valence-electron chi connectivity index (χ3n) is 2.50. The SMILES string of the molecule is COc1ccc(OC)c(-c2cc(N)no2)c1OC. The summed E-state index contributed by atoms with van der Waals surface area (Å²) >= 11 is 0. The summed E-state index contributed by atoms with van der Waals surface area (Å²) in [4.78, 5) is 0. The number of nitrogen functional groups attached to an aromatic ring is 1. The molecule has 0 spiro atoms. The van der Waals surface area contributed by atoms with Crippen LogP contribution in [-0.4, -0.2) is 26.5 Å². The maximum atomic E-state index is 5.55. The number of rotatable bonds is 4. The molecule has 0 aliphatic carbocycles. The van der Waals surface area contributed by atoms with Crippen molar-refractivity contribution in [2.45, 2.75) is 0 Å². The highest BCUT2D eigenvalue weighted by Gasteiger charge is 2.20. The molecule has 1 aromatic heterocycles. The van der Waals surface area contributed by atoms with Gasteiger partial charge in [-0.05, 0) is 12.1 Å². The van der Waals surface area contributed by atoms with Gasteiger partial charge < -0.3 is 24.5 Å². The van der Waals surface area contributed by atoms with E-state index in [1.54, 1.807) is 39.5 Å². The van der Waals surface area contributed by atoms with E-state index < -0.39 is 0 Å². The van der Waals surface area contributed by atoms with Crippen LogP contribution in [0.25, 0.3) is 11.3 Å². The van der Waals surface area contributed by atoms with E-state index in [-0.39, 0.29) is 5.82 Å². The van der Waals surface area contributed by atoms with Crippen LogP contribution in [0.3, 0.4) is 0 Å². The Balaban J connectivity index is 2.68. The second kappa shape index (κ2) is 4.87. The number of hydrogen-bond donors (Lipinski definition) is 1. The number of anilines is 1. The molecule has 6 nitrogen and oxygen atoms in total. The predicted octanol–water partition coefficient (Wildman–Crippen LogP) is 1.95. The molecule has 0 fully saturated rings. The zero-order valence-electron chi connectivity index (χ0n) is 10.4. The van der Waals surface area contributed by atoms with Gasteiger partial charge in [0, 0.05) is 6.07 Å². The average Bonchev–Trinajstić information content (AvgIpc) is 2.83. The molecule has 6 heteroatoms. The van der Waals surface area contributed by atoms with Gasteiger partial charge in [-0.25, -0.2) is 0 Å².